The Hall–Kier alpha value is -1.51. The summed E-state index contributed by atoms with van der Waals surface area (Å²) in [5, 5.41) is 12.6. The third-order valence-electron chi connectivity index (χ3n) is 2.23. The zero-order valence-corrected chi connectivity index (χ0v) is 7.37. The maximum atomic E-state index is 11.5. The van der Waals surface area contributed by atoms with E-state index in [0.717, 1.165) is 0 Å². The molecule has 1 atom stereocenters. The Balaban J connectivity index is 2.55. The van der Waals surface area contributed by atoms with Gasteiger partial charge in [0.1, 0.15) is 5.75 Å². The molecule has 0 aliphatic carbocycles. The summed E-state index contributed by atoms with van der Waals surface area (Å²) >= 11 is 0. The number of hydrogen-bond donors (Lipinski definition) is 2. The largest absolute Gasteiger partial charge is 0.506 e. The molecule has 68 valence electrons. The highest BCUT2D eigenvalue weighted by Crippen LogP contribution is 2.32. The lowest BCUT2D eigenvalue weighted by Gasteiger charge is -2.23. The second kappa shape index (κ2) is 2.76. The van der Waals surface area contributed by atoms with Crippen molar-refractivity contribution in [3.05, 3.63) is 23.8 Å². The van der Waals surface area contributed by atoms with Crippen LogP contribution in [0.4, 0.5) is 5.69 Å². The van der Waals surface area contributed by atoms with E-state index in [-0.39, 0.29) is 17.6 Å². The highest BCUT2D eigenvalue weighted by atomic mass is 16.3. The van der Waals surface area contributed by atoms with Gasteiger partial charge >= 0.3 is 0 Å². The first-order valence-corrected chi connectivity index (χ1v) is 4.30. The predicted molar refractivity (Wildman–Crippen MR) is 50.1 cm³/mol. The molecule has 0 amide bonds. The molecule has 2 rings (SSSR count). The van der Waals surface area contributed by atoms with E-state index in [2.05, 4.69) is 5.32 Å². The van der Waals surface area contributed by atoms with Crippen LogP contribution in [-0.2, 0) is 0 Å². The lowest BCUT2D eigenvalue weighted by Crippen LogP contribution is -2.26. The van der Waals surface area contributed by atoms with Gasteiger partial charge in [0, 0.05) is 18.0 Å². The number of anilines is 1. The van der Waals surface area contributed by atoms with E-state index in [1.807, 2.05) is 6.92 Å². The van der Waals surface area contributed by atoms with Crippen molar-refractivity contribution in [2.45, 2.75) is 19.4 Å². The van der Waals surface area contributed by atoms with Crippen LogP contribution in [-0.4, -0.2) is 16.9 Å². The van der Waals surface area contributed by atoms with Crippen LogP contribution in [0.3, 0.4) is 0 Å². The highest BCUT2D eigenvalue weighted by Gasteiger charge is 2.23. The molecule has 1 aromatic rings. The van der Waals surface area contributed by atoms with Crippen LogP contribution in [0.2, 0.25) is 0 Å². The number of phenolic OH excluding ortho intramolecular Hbond substituents is 1. The van der Waals surface area contributed by atoms with Gasteiger partial charge in [0.25, 0.3) is 0 Å². The van der Waals surface area contributed by atoms with Gasteiger partial charge in [-0.05, 0) is 19.1 Å². The zero-order chi connectivity index (χ0) is 9.42. The maximum absolute atomic E-state index is 11.5. The molecule has 1 aliphatic rings. The van der Waals surface area contributed by atoms with Crippen molar-refractivity contribution in [2.24, 2.45) is 0 Å². The molecule has 0 saturated heterocycles. The fourth-order valence-corrected chi connectivity index (χ4v) is 1.61. The van der Waals surface area contributed by atoms with E-state index < -0.39 is 0 Å². The summed E-state index contributed by atoms with van der Waals surface area (Å²) in [6.45, 7) is 1.92. The minimum Gasteiger partial charge on any atom is -0.506 e. The maximum Gasteiger partial charge on any atom is 0.167 e. The average molecular weight is 177 g/mol. The van der Waals surface area contributed by atoms with E-state index in [1.165, 1.54) is 0 Å². The SMILES string of the molecule is CC1CC(=O)c2cccc(O)c2N1. The third kappa shape index (κ3) is 1.26. The summed E-state index contributed by atoms with van der Waals surface area (Å²) in [6, 6.07) is 5.10. The van der Waals surface area contributed by atoms with Crippen LogP contribution in [0.1, 0.15) is 23.7 Å². The van der Waals surface area contributed by atoms with Gasteiger partial charge < -0.3 is 10.4 Å². The number of phenols is 1. The Morgan fingerprint density at radius 2 is 2.31 bits per heavy atom. The van der Waals surface area contributed by atoms with Crippen molar-refractivity contribution in [3.8, 4) is 5.75 Å². The molecule has 1 unspecified atom stereocenters. The minimum absolute atomic E-state index is 0.0946. The van der Waals surface area contributed by atoms with Crippen molar-refractivity contribution < 1.29 is 9.90 Å². The van der Waals surface area contributed by atoms with Gasteiger partial charge in [0.15, 0.2) is 5.78 Å². The van der Waals surface area contributed by atoms with Gasteiger partial charge in [-0.1, -0.05) is 6.07 Å². The van der Waals surface area contributed by atoms with Crippen molar-refractivity contribution in [1.82, 2.24) is 0 Å². The first-order chi connectivity index (χ1) is 6.18. The van der Waals surface area contributed by atoms with E-state index in [0.29, 0.717) is 17.7 Å². The molecule has 2 N–H and O–H groups in total. The normalized spacial score (nSPS) is 20.7. The Kier molecular flexibility index (Phi) is 1.72. The van der Waals surface area contributed by atoms with E-state index in [4.69, 9.17) is 0 Å². The second-order valence-corrected chi connectivity index (χ2v) is 3.37. The van der Waals surface area contributed by atoms with Crippen LogP contribution in [0.5, 0.6) is 5.75 Å². The molecule has 0 aromatic heterocycles. The second-order valence-electron chi connectivity index (χ2n) is 3.37. The van der Waals surface area contributed by atoms with Crippen molar-refractivity contribution in [1.29, 1.82) is 0 Å². The van der Waals surface area contributed by atoms with Gasteiger partial charge in [0.05, 0.1) is 5.69 Å². The van der Waals surface area contributed by atoms with Crippen LogP contribution in [0.15, 0.2) is 18.2 Å². The van der Waals surface area contributed by atoms with E-state index >= 15 is 0 Å². The zero-order valence-electron chi connectivity index (χ0n) is 7.37. The lowest BCUT2D eigenvalue weighted by molar-refractivity contribution is 0.0974. The van der Waals surface area contributed by atoms with Gasteiger partial charge in [-0.25, -0.2) is 0 Å². The van der Waals surface area contributed by atoms with Crippen LogP contribution < -0.4 is 5.32 Å². The Morgan fingerprint density at radius 1 is 1.54 bits per heavy atom. The number of para-hydroxylation sites is 1. The highest BCUT2D eigenvalue weighted by molar-refractivity contribution is 6.04. The number of ketones is 1. The number of Topliss-reactive ketones (excluding diaryl/α,β-unsaturated/α-hetero) is 1. The van der Waals surface area contributed by atoms with Gasteiger partial charge in [-0.15, -0.1) is 0 Å². The summed E-state index contributed by atoms with van der Waals surface area (Å²) in [4.78, 5) is 11.5. The Bertz CT molecular complexity index is 360. The number of carbonyl (C=O) groups excluding carboxylic acids is 1. The standard InChI is InChI=1S/C10H11NO2/c1-6-5-9(13)7-3-2-4-8(12)10(7)11-6/h2-4,6,11-12H,5H2,1H3. The van der Waals surface area contributed by atoms with Crippen molar-refractivity contribution in [3.63, 3.8) is 0 Å². The predicted octanol–water partition coefficient (Wildman–Crippen LogP) is 1.78. The molecule has 0 saturated carbocycles. The molecule has 1 aliphatic heterocycles. The van der Waals surface area contributed by atoms with Crippen LogP contribution in [0.25, 0.3) is 0 Å². The smallest absolute Gasteiger partial charge is 0.167 e. The molecule has 3 nitrogen and oxygen atoms in total. The van der Waals surface area contributed by atoms with Gasteiger partial charge in [-0.3, -0.25) is 4.79 Å². The van der Waals surface area contributed by atoms with Gasteiger partial charge in [0.2, 0.25) is 0 Å². The van der Waals surface area contributed by atoms with Crippen molar-refractivity contribution >= 4 is 11.5 Å². The number of nitrogens with one attached hydrogen (secondary N) is 1. The summed E-state index contributed by atoms with van der Waals surface area (Å²) in [7, 11) is 0. The third-order valence-corrected chi connectivity index (χ3v) is 2.23. The topological polar surface area (TPSA) is 49.3 Å². The first-order valence-electron chi connectivity index (χ1n) is 4.30. The van der Waals surface area contributed by atoms with E-state index in [9.17, 15) is 9.90 Å². The number of aromatic hydroxyl groups is 1. The Labute approximate surface area is 76.4 Å². The molecule has 13 heavy (non-hydrogen) atoms. The lowest BCUT2D eigenvalue weighted by atomic mass is 9.97. The minimum atomic E-state index is 0.0946. The first kappa shape index (κ1) is 8.10. The summed E-state index contributed by atoms with van der Waals surface area (Å²) < 4.78 is 0. The summed E-state index contributed by atoms with van der Waals surface area (Å²) in [6.07, 6.45) is 0.496. The summed E-state index contributed by atoms with van der Waals surface area (Å²) in [5.41, 5.74) is 1.17. The monoisotopic (exact) mass is 177 g/mol. The van der Waals surface area contributed by atoms with E-state index in [1.54, 1.807) is 18.2 Å². The number of hydrogen-bond acceptors (Lipinski definition) is 3. The molecule has 0 bridgehead atoms. The molecular formula is C10H11NO2. The fourth-order valence-electron chi connectivity index (χ4n) is 1.61. The van der Waals surface area contributed by atoms with Gasteiger partial charge in [-0.2, -0.15) is 0 Å². The number of rotatable bonds is 0. The molecular weight excluding hydrogens is 166 g/mol. The van der Waals surface area contributed by atoms with Crippen molar-refractivity contribution in [2.75, 3.05) is 5.32 Å². The molecule has 0 fully saturated rings. The molecule has 0 spiro atoms. The summed E-state index contributed by atoms with van der Waals surface area (Å²) in [5.74, 6) is 0.245. The molecule has 1 heterocycles. The number of benzene rings is 1. The average Bonchev–Trinajstić information content (AvgIpc) is 2.07. The Morgan fingerprint density at radius 3 is 3.08 bits per heavy atom. The van der Waals surface area contributed by atoms with Crippen LogP contribution >= 0.6 is 0 Å². The molecule has 1 aromatic carbocycles. The number of fused-ring (bicyclic) bond motifs is 1. The molecule has 0 radical (unpaired) electrons. The number of carbonyl (C=O) groups is 1. The fraction of sp³-hybridized carbons (Fsp3) is 0.300. The molecule has 3 heteroatoms. The van der Waals surface area contributed by atoms with Crippen LogP contribution in [0, 0.1) is 0 Å². The quantitative estimate of drug-likeness (QED) is 0.594.